The molecule has 1 aromatic carbocycles. The average molecular weight is 418 g/mol. The zero-order valence-electron chi connectivity index (χ0n) is 16.2. The SMILES string of the molecule is Cc1nc(-c2ccc(F)cc2)c([C]2[CH][CH][CH][C]2CN(C)C)o1.[CH]1[CH][CH][CH][CH]1.[Fe]. The van der Waals surface area contributed by atoms with Crippen LogP contribution in [0.25, 0.3) is 11.3 Å². The van der Waals surface area contributed by atoms with Crippen molar-refractivity contribution in [3.8, 4) is 11.3 Å². The summed E-state index contributed by atoms with van der Waals surface area (Å²) in [6.07, 6.45) is 16.1. The molecule has 5 heteroatoms. The number of hydrogen-bond acceptors (Lipinski definition) is 3. The van der Waals surface area contributed by atoms with E-state index < -0.39 is 0 Å². The zero-order valence-corrected chi connectivity index (χ0v) is 17.3. The van der Waals surface area contributed by atoms with Gasteiger partial charge in [-0.2, -0.15) is 0 Å². The molecule has 10 radical (unpaired) electrons. The Morgan fingerprint density at radius 3 is 2.11 bits per heavy atom. The normalized spacial score (nSPS) is 17.5. The second-order valence-corrected chi connectivity index (χ2v) is 6.58. The summed E-state index contributed by atoms with van der Waals surface area (Å²) in [6, 6.07) is 6.33. The summed E-state index contributed by atoms with van der Waals surface area (Å²) >= 11 is 0. The smallest absolute Gasteiger partial charge is 0.191 e. The molecule has 0 spiro atoms. The van der Waals surface area contributed by atoms with Crippen LogP contribution in [0.4, 0.5) is 4.39 Å². The molecule has 1 heterocycles. The van der Waals surface area contributed by atoms with E-state index in [0.717, 1.165) is 29.5 Å². The van der Waals surface area contributed by atoms with Gasteiger partial charge in [-0.1, -0.05) is 0 Å². The van der Waals surface area contributed by atoms with Crippen molar-refractivity contribution in [3.05, 3.63) is 105 Å². The number of benzene rings is 1. The predicted octanol–water partition coefficient (Wildman–Crippen LogP) is 4.49. The van der Waals surface area contributed by atoms with E-state index in [-0.39, 0.29) is 22.9 Å². The Kier molecular flexibility index (Phi) is 9.19. The first-order chi connectivity index (χ1) is 13.0. The Balaban J connectivity index is 0.000000408. The van der Waals surface area contributed by atoms with E-state index in [0.29, 0.717) is 5.89 Å². The van der Waals surface area contributed by atoms with Gasteiger partial charge < -0.3 is 9.32 Å². The molecular formula is C23H23FFeN2O. The molecule has 2 aliphatic carbocycles. The van der Waals surface area contributed by atoms with Crippen molar-refractivity contribution in [2.24, 2.45) is 0 Å². The number of rotatable bonds is 4. The maximum atomic E-state index is 13.1. The molecule has 28 heavy (non-hydrogen) atoms. The minimum absolute atomic E-state index is 0. The van der Waals surface area contributed by atoms with Crippen LogP contribution in [-0.2, 0) is 17.1 Å². The van der Waals surface area contributed by atoms with E-state index in [9.17, 15) is 4.39 Å². The Bertz CT molecular complexity index is 702. The topological polar surface area (TPSA) is 29.3 Å². The molecule has 1 aromatic heterocycles. The first-order valence-electron chi connectivity index (χ1n) is 8.84. The number of halogens is 1. The average Bonchev–Trinajstić information content (AvgIpc) is 3.37. The molecule has 146 valence electrons. The van der Waals surface area contributed by atoms with Crippen LogP contribution in [0.1, 0.15) is 11.7 Å². The molecule has 0 N–H and O–H groups in total. The van der Waals surface area contributed by atoms with E-state index in [1.54, 1.807) is 12.1 Å². The molecule has 0 unspecified atom stereocenters. The third kappa shape index (κ3) is 6.17. The third-order valence-corrected chi connectivity index (χ3v) is 4.04. The second-order valence-electron chi connectivity index (χ2n) is 6.58. The van der Waals surface area contributed by atoms with Gasteiger partial charge in [-0.05, 0) is 89.7 Å². The van der Waals surface area contributed by atoms with Gasteiger partial charge >= 0.3 is 0 Å². The van der Waals surface area contributed by atoms with Gasteiger partial charge in [0.25, 0.3) is 0 Å². The standard InChI is InChI=1S/C18H18FN2O.C5H5.Fe/c1-12-20-17(13-7-9-15(19)10-8-13)18(22-12)16-6-4-5-14(16)11-21(2)3;1-2-4-5-3-1;/h4-10H,11H2,1-3H3;1-5H;. The Labute approximate surface area is 179 Å². The van der Waals surface area contributed by atoms with Crippen molar-refractivity contribution in [2.45, 2.75) is 6.92 Å². The van der Waals surface area contributed by atoms with Crippen LogP contribution in [0.5, 0.6) is 0 Å². The fraction of sp³-hybridized carbons (Fsp3) is 0.174. The number of hydrogen-bond donors (Lipinski definition) is 0. The molecular weight excluding hydrogens is 395 g/mol. The van der Waals surface area contributed by atoms with Gasteiger partial charge in [0, 0.05) is 42.0 Å². The van der Waals surface area contributed by atoms with E-state index in [2.05, 4.69) is 16.3 Å². The molecule has 2 fully saturated rings. The third-order valence-electron chi connectivity index (χ3n) is 4.04. The van der Waals surface area contributed by atoms with Gasteiger partial charge in [0.15, 0.2) is 5.89 Å². The maximum absolute atomic E-state index is 13.1. The Morgan fingerprint density at radius 1 is 0.929 bits per heavy atom. The number of nitrogens with zero attached hydrogens (tertiary/aromatic N) is 2. The predicted molar refractivity (Wildman–Crippen MR) is 105 cm³/mol. The molecule has 2 aromatic rings. The fourth-order valence-electron chi connectivity index (χ4n) is 2.89. The Hall–Kier alpha value is -1.16. The minimum atomic E-state index is -0.257. The molecule has 0 atom stereocenters. The second kappa shape index (κ2) is 11.1. The van der Waals surface area contributed by atoms with Crippen LogP contribution < -0.4 is 0 Å². The molecule has 4 rings (SSSR count). The summed E-state index contributed by atoms with van der Waals surface area (Å²) < 4.78 is 19.0. The summed E-state index contributed by atoms with van der Waals surface area (Å²) in [5.41, 5.74) is 1.61. The van der Waals surface area contributed by atoms with Gasteiger partial charge in [-0.25, -0.2) is 9.37 Å². The Morgan fingerprint density at radius 2 is 1.54 bits per heavy atom. The van der Waals surface area contributed by atoms with Crippen molar-refractivity contribution in [2.75, 3.05) is 20.6 Å². The van der Waals surface area contributed by atoms with Crippen LogP contribution in [-0.4, -0.2) is 30.5 Å². The molecule has 2 aliphatic rings. The van der Waals surface area contributed by atoms with Gasteiger partial charge in [0.2, 0.25) is 0 Å². The van der Waals surface area contributed by atoms with Gasteiger partial charge in [0.1, 0.15) is 17.3 Å². The van der Waals surface area contributed by atoms with E-state index in [1.807, 2.05) is 66.0 Å². The monoisotopic (exact) mass is 418 g/mol. The zero-order chi connectivity index (χ0) is 19.2. The van der Waals surface area contributed by atoms with Crippen LogP contribution in [0.15, 0.2) is 28.7 Å². The van der Waals surface area contributed by atoms with E-state index in [4.69, 9.17) is 4.42 Å². The fourth-order valence-corrected chi connectivity index (χ4v) is 2.89. The molecule has 0 amide bonds. The first kappa shape index (κ1) is 23.1. The van der Waals surface area contributed by atoms with Crippen molar-refractivity contribution in [3.63, 3.8) is 0 Å². The van der Waals surface area contributed by atoms with Gasteiger partial charge in [-0.15, -0.1) is 0 Å². The van der Waals surface area contributed by atoms with Crippen LogP contribution in [0.3, 0.4) is 0 Å². The molecule has 0 aliphatic heterocycles. The quantitative estimate of drug-likeness (QED) is 0.686. The molecule has 0 bridgehead atoms. The van der Waals surface area contributed by atoms with Crippen molar-refractivity contribution >= 4 is 0 Å². The molecule has 3 nitrogen and oxygen atoms in total. The summed E-state index contributed by atoms with van der Waals surface area (Å²) in [5, 5.41) is 0. The van der Waals surface area contributed by atoms with Crippen LogP contribution in [0.2, 0.25) is 0 Å². The summed E-state index contributed by atoms with van der Waals surface area (Å²) in [4.78, 5) is 6.59. The van der Waals surface area contributed by atoms with Crippen LogP contribution >= 0.6 is 0 Å². The largest absolute Gasteiger partial charge is 0.445 e. The summed E-state index contributed by atoms with van der Waals surface area (Å²) in [6.45, 7) is 2.65. The van der Waals surface area contributed by atoms with Crippen molar-refractivity contribution < 1.29 is 25.9 Å². The van der Waals surface area contributed by atoms with Crippen molar-refractivity contribution in [1.29, 1.82) is 0 Å². The molecule has 2 saturated carbocycles. The summed E-state index contributed by atoms with van der Waals surface area (Å²) in [5.74, 6) is 3.31. The maximum Gasteiger partial charge on any atom is 0.191 e. The number of aryl methyl sites for hydroxylation is 1. The number of oxazole rings is 1. The summed E-state index contributed by atoms with van der Waals surface area (Å²) in [7, 11) is 4.06. The first-order valence-corrected chi connectivity index (χ1v) is 8.84. The van der Waals surface area contributed by atoms with Gasteiger partial charge in [-0.3, -0.25) is 0 Å². The van der Waals surface area contributed by atoms with Crippen LogP contribution in [0, 0.1) is 75.9 Å². The van der Waals surface area contributed by atoms with Gasteiger partial charge in [0.05, 0.1) is 5.92 Å². The van der Waals surface area contributed by atoms with Crippen molar-refractivity contribution in [1.82, 2.24) is 9.88 Å². The molecule has 0 saturated heterocycles. The minimum Gasteiger partial charge on any atom is -0.445 e. The number of aromatic nitrogens is 1. The van der Waals surface area contributed by atoms with E-state index in [1.165, 1.54) is 18.1 Å². The van der Waals surface area contributed by atoms with E-state index >= 15 is 0 Å².